The second-order valence-corrected chi connectivity index (χ2v) is 6.71. The van der Waals surface area contributed by atoms with Gasteiger partial charge in [-0.15, -0.1) is 5.10 Å². The van der Waals surface area contributed by atoms with Gasteiger partial charge in [-0.3, -0.25) is 9.59 Å². The fourth-order valence-corrected chi connectivity index (χ4v) is 3.47. The van der Waals surface area contributed by atoms with Crippen LogP contribution in [0, 0.1) is 0 Å². The Morgan fingerprint density at radius 2 is 1.78 bits per heavy atom. The van der Waals surface area contributed by atoms with Crippen molar-refractivity contribution < 1.29 is 4.79 Å². The number of aryl methyl sites for hydroxylation is 1. The number of hydrogen-bond donors (Lipinski definition) is 0. The van der Waals surface area contributed by atoms with Crippen LogP contribution < -0.4 is 10.5 Å². The number of halogens is 1. The number of aromatic nitrogens is 4. The highest BCUT2D eigenvalue weighted by Crippen LogP contribution is 2.23. The molecule has 4 rings (SSSR count). The number of benzene rings is 1. The molecule has 8 nitrogen and oxygen atoms in total. The van der Waals surface area contributed by atoms with E-state index in [-0.39, 0.29) is 11.5 Å². The first kappa shape index (κ1) is 17.4. The van der Waals surface area contributed by atoms with Crippen LogP contribution in [0.25, 0.3) is 10.8 Å². The van der Waals surface area contributed by atoms with E-state index in [1.165, 1.54) is 4.68 Å². The molecule has 1 aliphatic heterocycles. The Labute approximate surface area is 160 Å². The lowest BCUT2D eigenvalue weighted by atomic mass is 10.1. The summed E-state index contributed by atoms with van der Waals surface area (Å²) in [5, 5.41) is 13.8. The predicted molar refractivity (Wildman–Crippen MR) is 102 cm³/mol. The van der Waals surface area contributed by atoms with Gasteiger partial charge in [0, 0.05) is 38.6 Å². The van der Waals surface area contributed by atoms with Gasteiger partial charge in [-0.1, -0.05) is 29.8 Å². The zero-order valence-electron chi connectivity index (χ0n) is 14.7. The maximum atomic E-state index is 13.1. The monoisotopic (exact) mass is 384 g/mol. The van der Waals surface area contributed by atoms with Gasteiger partial charge in [0.25, 0.3) is 11.5 Å². The lowest BCUT2D eigenvalue weighted by Crippen LogP contribution is -2.49. The Balaban J connectivity index is 1.59. The van der Waals surface area contributed by atoms with Crippen molar-refractivity contribution in [3.05, 3.63) is 57.6 Å². The smallest absolute Gasteiger partial charge is 0.275 e. The summed E-state index contributed by atoms with van der Waals surface area (Å²) in [4.78, 5) is 29.1. The number of nitrogens with zero attached hydrogens (tertiary/aromatic N) is 6. The number of carbonyl (C=O) groups is 1. The molecule has 1 saturated heterocycles. The fraction of sp³-hybridized carbons (Fsp3) is 0.278. The molecule has 9 heteroatoms. The van der Waals surface area contributed by atoms with Gasteiger partial charge in [-0.2, -0.15) is 10.2 Å². The van der Waals surface area contributed by atoms with Gasteiger partial charge in [0.2, 0.25) is 0 Å². The minimum atomic E-state index is -0.218. The van der Waals surface area contributed by atoms with Crippen LogP contribution in [0.2, 0.25) is 5.02 Å². The highest BCUT2D eigenvalue weighted by atomic mass is 35.5. The van der Waals surface area contributed by atoms with E-state index in [1.54, 1.807) is 48.5 Å². The number of rotatable bonds is 2. The molecule has 2 aromatic heterocycles. The van der Waals surface area contributed by atoms with Crippen LogP contribution in [0.1, 0.15) is 10.5 Å². The van der Waals surface area contributed by atoms with Gasteiger partial charge < -0.3 is 9.80 Å². The van der Waals surface area contributed by atoms with Crippen molar-refractivity contribution in [1.29, 1.82) is 0 Å². The van der Waals surface area contributed by atoms with E-state index in [9.17, 15) is 9.59 Å². The first-order chi connectivity index (χ1) is 13.1. The molecule has 0 spiro atoms. The van der Waals surface area contributed by atoms with E-state index in [0.717, 1.165) is 0 Å². The lowest BCUT2D eigenvalue weighted by Gasteiger charge is -2.35. The fourth-order valence-electron chi connectivity index (χ4n) is 3.25. The van der Waals surface area contributed by atoms with E-state index in [4.69, 9.17) is 11.6 Å². The summed E-state index contributed by atoms with van der Waals surface area (Å²) in [5.41, 5.74) is 0.0722. The van der Waals surface area contributed by atoms with E-state index < -0.39 is 0 Å². The lowest BCUT2D eigenvalue weighted by molar-refractivity contribution is 0.0740. The Kier molecular flexibility index (Phi) is 4.49. The van der Waals surface area contributed by atoms with Crippen molar-refractivity contribution in [2.24, 2.45) is 7.05 Å². The van der Waals surface area contributed by atoms with Crippen molar-refractivity contribution in [3.8, 4) is 0 Å². The number of hydrogen-bond acceptors (Lipinski definition) is 6. The summed E-state index contributed by atoms with van der Waals surface area (Å²) in [7, 11) is 1.56. The first-order valence-electron chi connectivity index (χ1n) is 8.53. The molecule has 0 saturated carbocycles. The standard InChI is InChI=1S/C18H17ClN6O2/c1-23-17(26)13-5-3-2-4-12(13)15(22-23)18(27)25-10-8-24(9-11-25)16-14(19)6-7-20-21-16/h2-7H,8-11H2,1H3. The molecule has 138 valence electrons. The summed E-state index contributed by atoms with van der Waals surface area (Å²) < 4.78 is 1.21. The highest BCUT2D eigenvalue weighted by Gasteiger charge is 2.26. The van der Waals surface area contributed by atoms with Crippen molar-refractivity contribution in [3.63, 3.8) is 0 Å². The van der Waals surface area contributed by atoms with Crippen LogP contribution in [0.15, 0.2) is 41.3 Å². The average molecular weight is 385 g/mol. The molecule has 0 unspecified atom stereocenters. The van der Waals surface area contributed by atoms with E-state index >= 15 is 0 Å². The molecule has 3 aromatic rings. The molecule has 1 fully saturated rings. The first-order valence-corrected chi connectivity index (χ1v) is 8.91. The maximum absolute atomic E-state index is 13.1. The second-order valence-electron chi connectivity index (χ2n) is 6.30. The van der Waals surface area contributed by atoms with Crippen LogP contribution in [-0.2, 0) is 7.05 Å². The Morgan fingerprint density at radius 1 is 1.07 bits per heavy atom. The van der Waals surface area contributed by atoms with Gasteiger partial charge in [0.1, 0.15) is 0 Å². The largest absolute Gasteiger partial charge is 0.350 e. The molecule has 0 atom stereocenters. The Hall–Kier alpha value is -3.00. The molecule has 0 aliphatic carbocycles. The zero-order chi connectivity index (χ0) is 19.0. The third kappa shape index (κ3) is 3.12. The minimum Gasteiger partial charge on any atom is -0.350 e. The number of piperazine rings is 1. The zero-order valence-corrected chi connectivity index (χ0v) is 15.4. The highest BCUT2D eigenvalue weighted by molar-refractivity contribution is 6.32. The second kappa shape index (κ2) is 6.96. The summed E-state index contributed by atoms with van der Waals surface area (Å²) in [6.45, 7) is 2.19. The molecule has 27 heavy (non-hydrogen) atoms. The number of carbonyl (C=O) groups excluding carboxylic acids is 1. The summed E-state index contributed by atoms with van der Waals surface area (Å²) >= 11 is 6.18. The van der Waals surface area contributed by atoms with Crippen molar-refractivity contribution >= 4 is 34.1 Å². The van der Waals surface area contributed by atoms with Gasteiger partial charge in [0.15, 0.2) is 11.5 Å². The molecule has 1 aliphatic rings. The van der Waals surface area contributed by atoms with Crippen LogP contribution >= 0.6 is 11.6 Å². The summed E-state index contributed by atoms with van der Waals surface area (Å²) in [5.74, 6) is 0.434. The predicted octanol–water partition coefficient (Wildman–Crippen LogP) is 1.34. The van der Waals surface area contributed by atoms with Crippen molar-refractivity contribution in [2.75, 3.05) is 31.1 Å². The van der Waals surface area contributed by atoms with Crippen molar-refractivity contribution in [1.82, 2.24) is 24.9 Å². The Morgan fingerprint density at radius 3 is 2.48 bits per heavy atom. The molecule has 0 radical (unpaired) electrons. The topological polar surface area (TPSA) is 84.2 Å². The molecular weight excluding hydrogens is 368 g/mol. The summed E-state index contributed by atoms with van der Waals surface area (Å²) in [6, 6.07) is 8.74. The number of amides is 1. The summed E-state index contributed by atoms with van der Waals surface area (Å²) in [6.07, 6.45) is 1.54. The van der Waals surface area contributed by atoms with Crippen LogP contribution in [-0.4, -0.2) is 57.0 Å². The normalized spacial score (nSPS) is 14.6. The third-order valence-corrected chi connectivity index (χ3v) is 4.97. The van der Waals surface area contributed by atoms with Crippen molar-refractivity contribution in [2.45, 2.75) is 0 Å². The quantitative estimate of drug-likeness (QED) is 0.663. The molecule has 1 amide bonds. The van der Waals surface area contributed by atoms with E-state index in [1.807, 2.05) is 4.90 Å². The number of anilines is 1. The Bertz CT molecular complexity index is 1070. The molecule has 0 N–H and O–H groups in total. The van der Waals surface area contributed by atoms with Gasteiger partial charge in [-0.05, 0) is 12.1 Å². The van der Waals surface area contributed by atoms with Crippen LogP contribution in [0.3, 0.4) is 0 Å². The van der Waals surface area contributed by atoms with Gasteiger partial charge in [-0.25, -0.2) is 4.68 Å². The SMILES string of the molecule is Cn1nc(C(=O)N2CCN(c3nnccc3Cl)CC2)c2ccccc2c1=O. The number of fused-ring (bicyclic) bond motifs is 1. The minimum absolute atomic E-state index is 0.188. The molecule has 3 heterocycles. The van der Waals surface area contributed by atoms with E-state index in [2.05, 4.69) is 15.3 Å². The molecular formula is C18H17ClN6O2. The van der Waals surface area contributed by atoms with Gasteiger partial charge in [0.05, 0.1) is 16.6 Å². The maximum Gasteiger partial charge on any atom is 0.275 e. The molecule has 0 bridgehead atoms. The third-order valence-electron chi connectivity index (χ3n) is 4.68. The average Bonchev–Trinajstić information content (AvgIpc) is 2.71. The van der Waals surface area contributed by atoms with Crippen LogP contribution in [0.4, 0.5) is 5.82 Å². The van der Waals surface area contributed by atoms with Gasteiger partial charge >= 0.3 is 0 Å². The van der Waals surface area contributed by atoms with E-state index in [0.29, 0.717) is 53.5 Å². The van der Waals surface area contributed by atoms with Crippen LogP contribution in [0.5, 0.6) is 0 Å². The molecule has 1 aromatic carbocycles.